The van der Waals surface area contributed by atoms with Gasteiger partial charge in [0.2, 0.25) is 11.8 Å². The molecule has 3 rings (SSSR count). The van der Waals surface area contributed by atoms with Crippen molar-refractivity contribution < 1.29 is 9.59 Å². The molecular weight excluding hydrogens is 421 g/mol. The van der Waals surface area contributed by atoms with Crippen molar-refractivity contribution in [3.05, 3.63) is 64.1 Å². The third-order valence-corrected chi connectivity index (χ3v) is 5.94. The van der Waals surface area contributed by atoms with Gasteiger partial charge >= 0.3 is 0 Å². The Morgan fingerprint density at radius 2 is 1.53 bits per heavy atom. The highest BCUT2D eigenvalue weighted by atomic mass is 35.5. The van der Waals surface area contributed by atoms with Crippen LogP contribution in [0.3, 0.4) is 0 Å². The Kier molecular flexibility index (Phi) is 8.55. The number of hydrogen-bond donors (Lipinski definition) is 1. The summed E-state index contributed by atoms with van der Waals surface area (Å²) < 4.78 is 0. The number of halogens is 2. The third-order valence-electron chi connectivity index (χ3n) is 5.31. The van der Waals surface area contributed by atoms with Crippen LogP contribution in [0.2, 0.25) is 10.0 Å². The molecule has 160 valence electrons. The largest absolute Gasteiger partial charge is 0.340 e. The van der Waals surface area contributed by atoms with E-state index in [1.807, 2.05) is 23.1 Å². The SMILES string of the molecule is O=C(CCN1CCN(C(=O)CCCc2ccccc2)CC1)Nc1c(Cl)cccc1Cl. The van der Waals surface area contributed by atoms with Crippen LogP contribution in [0.5, 0.6) is 0 Å². The van der Waals surface area contributed by atoms with Crippen LogP contribution in [0.1, 0.15) is 24.8 Å². The van der Waals surface area contributed by atoms with E-state index in [0.717, 1.165) is 25.9 Å². The lowest BCUT2D eigenvalue weighted by Crippen LogP contribution is -2.49. The number of rotatable bonds is 8. The van der Waals surface area contributed by atoms with Crippen molar-refractivity contribution in [1.82, 2.24) is 9.80 Å². The number of carbonyl (C=O) groups is 2. The minimum Gasteiger partial charge on any atom is -0.340 e. The van der Waals surface area contributed by atoms with E-state index >= 15 is 0 Å². The average molecular weight is 448 g/mol. The minimum atomic E-state index is -0.121. The van der Waals surface area contributed by atoms with Gasteiger partial charge in [-0.1, -0.05) is 59.6 Å². The fraction of sp³-hybridized carbons (Fsp3) is 0.391. The molecule has 0 radical (unpaired) electrons. The first-order valence-corrected chi connectivity index (χ1v) is 11.1. The lowest BCUT2D eigenvalue weighted by atomic mass is 10.1. The van der Waals surface area contributed by atoms with E-state index < -0.39 is 0 Å². The highest BCUT2D eigenvalue weighted by Gasteiger charge is 2.21. The second kappa shape index (κ2) is 11.3. The van der Waals surface area contributed by atoms with Crippen LogP contribution in [-0.4, -0.2) is 54.3 Å². The van der Waals surface area contributed by atoms with Gasteiger partial charge in [-0.3, -0.25) is 14.5 Å². The van der Waals surface area contributed by atoms with E-state index in [-0.39, 0.29) is 11.8 Å². The summed E-state index contributed by atoms with van der Waals surface area (Å²) in [6.45, 7) is 3.63. The van der Waals surface area contributed by atoms with Crippen LogP contribution in [0, 0.1) is 0 Å². The molecule has 0 aromatic heterocycles. The second-order valence-electron chi connectivity index (χ2n) is 7.46. The normalized spacial score (nSPS) is 14.5. The van der Waals surface area contributed by atoms with Gasteiger partial charge in [0.1, 0.15) is 0 Å². The zero-order valence-corrected chi connectivity index (χ0v) is 18.5. The van der Waals surface area contributed by atoms with Gasteiger partial charge in [-0.15, -0.1) is 0 Å². The fourth-order valence-electron chi connectivity index (χ4n) is 3.55. The lowest BCUT2D eigenvalue weighted by molar-refractivity contribution is -0.133. The Morgan fingerprint density at radius 1 is 0.867 bits per heavy atom. The van der Waals surface area contributed by atoms with Gasteiger partial charge in [-0.25, -0.2) is 0 Å². The third kappa shape index (κ3) is 6.73. The predicted octanol–water partition coefficient (Wildman–Crippen LogP) is 4.49. The molecule has 1 aliphatic heterocycles. The number of hydrogen-bond acceptors (Lipinski definition) is 3. The quantitative estimate of drug-likeness (QED) is 0.648. The van der Waals surface area contributed by atoms with Crippen molar-refractivity contribution in [1.29, 1.82) is 0 Å². The zero-order valence-electron chi connectivity index (χ0n) is 16.9. The molecule has 0 saturated carbocycles. The summed E-state index contributed by atoms with van der Waals surface area (Å²) in [6.07, 6.45) is 2.73. The van der Waals surface area contributed by atoms with Crippen LogP contribution < -0.4 is 5.32 Å². The molecule has 1 N–H and O–H groups in total. The Hall–Kier alpha value is -2.08. The fourth-order valence-corrected chi connectivity index (χ4v) is 4.04. The van der Waals surface area contributed by atoms with Crippen molar-refractivity contribution in [2.24, 2.45) is 0 Å². The van der Waals surface area contributed by atoms with E-state index in [4.69, 9.17) is 23.2 Å². The molecule has 0 unspecified atom stereocenters. The number of anilines is 1. The molecular formula is C23H27Cl2N3O2. The van der Waals surface area contributed by atoms with Crippen molar-refractivity contribution in [3.8, 4) is 0 Å². The summed E-state index contributed by atoms with van der Waals surface area (Å²) in [5, 5.41) is 3.64. The van der Waals surface area contributed by atoms with Gasteiger partial charge in [0.15, 0.2) is 0 Å². The first-order valence-electron chi connectivity index (χ1n) is 10.3. The number of carbonyl (C=O) groups excluding carboxylic acids is 2. The Morgan fingerprint density at radius 3 is 2.20 bits per heavy atom. The number of para-hydroxylation sites is 1. The molecule has 7 heteroatoms. The van der Waals surface area contributed by atoms with Crippen LogP contribution >= 0.6 is 23.2 Å². The predicted molar refractivity (Wildman–Crippen MR) is 122 cm³/mol. The summed E-state index contributed by atoms with van der Waals surface area (Å²) >= 11 is 12.2. The van der Waals surface area contributed by atoms with Gasteiger partial charge in [-0.2, -0.15) is 0 Å². The van der Waals surface area contributed by atoms with E-state index in [1.165, 1.54) is 5.56 Å². The number of benzene rings is 2. The molecule has 0 bridgehead atoms. The zero-order chi connectivity index (χ0) is 21.3. The second-order valence-corrected chi connectivity index (χ2v) is 8.27. The van der Waals surface area contributed by atoms with Crippen LogP contribution in [0.15, 0.2) is 48.5 Å². The Balaban J connectivity index is 1.34. The molecule has 2 aromatic carbocycles. The summed E-state index contributed by atoms with van der Waals surface area (Å²) in [5.74, 6) is 0.0982. The number of nitrogens with one attached hydrogen (secondary N) is 1. The molecule has 2 aromatic rings. The molecule has 0 aliphatic carbocycles. The first kappa shape index (κ1) is 22.6. The van der Waals surface area contributed by atoms with E-state index in [2.05, 4.69) is 22.3 Å². The Bertz CT molecular complexity index is 833. The number of nitrogens with zero attached hydrogens (tertiary/aromatic N) is 2. The maximum absolute atomic E-state index is 12.4. The van der Waals surface area contributed by atoms with Gasteiger partial charge in [-0.05, 0) is 30.5 Å². The molecule has 5 nitrogen and oxygen atoms in total. The van der Waals surface area contributed by atoms with Crippen molar-refractivity contribution in [2.45, 2.75) is 25.7 Å². The van der Waals surface area contributed by atoms with Gasteiger partial charge < -0.3 is 10.2 Å². The standard InChI is InChI=1S/C23H27Cl2N3O2/c24-19-9-5-10-20(25)23(19)26-21(29)12-13-27-14-16-28(17-15-27)22(30)11-4-8-18-6-2-1-3-7-18/h1-3,5-7,9-10H,4,8,11-17H2,(H,26,29). The molecule has 2 amide bonds. The molecule has 30 heavy (non-hydrogen) atoms. The van der Waals surface area contributed by atoms with Gasteiger partial charge in [0, 0.05) is 45.6 Å². The maximum atomic E-state index is 12.4. The molecule has 1 fully saturated rings. The summed E-state index contributed by atoms with van der Waals surface area (Å²) in [5.41, 5.74) is 1.73. The highest BCUT2D eigenvalue weighted by Crippen LogP contribution is 2.29. The van der Waals surface area contributed by atoms with Crippen molar-refractivity contribution in [2.75, 3.05) is 38.0 Å². The molecule has 1 saturated heterocycles. The van der Waals surface area contributed by atoms with E-state index in [1.54, 1.807) is 18.2 Å². The summed E-state index contributed by atoms with van der Waals surface area (Å²) in [4.78, 5) is 28.8. The smallest absolute Gasteiger partial charge is 0.225 e. The summed E-state index contributed by atoms with van der Waals surface area (Å²) in [7, 11) is 0. The van der Waals surface area contributed by atoms with Gasteiger partial charge in [0.25, 0.3) is 0 Å². The van der Waals surface area contributed by atoms with Crippen LogP contribution in [0.4, 0.5) is 5.69 Å². The molecule has 0 spiro atoms. The summed E-state index contributed by atoms with van der Waals surface area (Å²) in [6, 6.07) is 15.4. The minimum absolute atomic E-state index is 0.121. The molecule has 0 atom stereocenters. The van der Waals surface area contributed by atoms with Crippen LogP contribution in [0.25, 0.3) is 0 Å². The van der Waals surface area contributed by atoms with Gasteiger partial charge in [0.05, 0.1) is 15.7 Å². The van der Waals surface area contributed by atoms with Crippen molar-refractivity contribution in [3.63, 3.8) is 0 Å². The topological polar surface area (TPSA) is 52.7 Å². The number of piperazine rings is 1. The molecule has 1 heterocycles. The number of aryl methyl sites for hydroxylation is 1. The Labute approximate surface area is 187 Å². The lowest BCUT2D eigenvalue weighted by Gasteiger charge is -2.34. The van der Waals surface area contributed by atoms with E-state index in [0.29, 0.717) is 48.2 Å². The number of amides is 2. The monoisotopic (exact) mass is 447 g/mol. The molecule has 1 aliphatic rings. The maximum Gasteiger partial charge on any atom is 0.225 e. The van der Waals surface area contributed by atoms with Crippen LogP contribution in [-0.2, 0) is 16.0 Å². The van der Waals surface area contributed by atoms with Crippen molar-refractivity contribution >= 4 is 40.7 Å². The average Bonchev–Trinajstić information content (AvgIpc) is 2.76. The van der Waals surface area contributed by atoms with E-state index in [9.17, 15) is 9.59 Å². The first-order chi connectivity index (χ1) is 14.5. The highest BCUT2D eigenvalue weighted by molar-refractivity contribution is 6.39.